The zero-order valence-corrected chi connectivity index (χ0v) is 12.8. The van der Waals surface area contributed by atoms with Gasteiger partial charge in [-0.05, 0) is 19.9 Å². The Balaban J connectivity index is 2.33. The number of amides is 1. The number of piperazine rings is 1. The van der Waals surface area contributed by atoms with Gasteiger partial charge in [0.05, 0.1) is 13.2 Å². The highest BCUT2D eigenvalue weighted by Gasteiger charge is 2.32. The molecule has 1 aromatic rings. The van der Waals surface area contributed by atoms with Crippen LogP contribution in [-0.2, 0) is 4.79 Å². The summed E-state index contributed by atoms with van der Waals surface area (Å²) in [4.78, 5) is 16.1. The van der Waals surface area contributed by atoms with E-state index in [4.69, 9.17) is 4.74 Å². The number of hydrogen-bond acceptors (Lipinski definition) is 3. The predicted molar refractivity (Wildman–Crippen MR) is 79.8 cm³/mol. The third kappa shape index (κ3) is 2.96. The molecule has 0 saturated carbocycles. The maximum absolute atomic E-state index is 11.7. The normalized spacial score (nSPS) is 20.2. The lowest BCUT2D eigenvalue weighted by atomic mass is 9.99. The van der Waals surface area contributed by atoms with Gasteiger partial charge in [-0.25, -0.2) is 0 Å². The summed E-state index contributed by atoms with van der Waals surface area (Å²) in [5.41, 5.74) is 1.16. The van der Waals surface area contributed by atoms with Gasteiger partial charge in [-0.1, -0.05) is 18.2 Å². The quantitative estimate of drug-likeness (QED) is 0.849. The minimum atomic E-state index is 0.147. The van der Waals surface area contributed by atoms with Crippen LogP contribution in [0, 0.1) is 0 Å². The average Bonchev–Trinajstić information content (AvgIpc) is 2.46. The Morgan fingerprint density at radius 1 is 1.30 bits per heavy atom. The molecule has 1 aromatic carbocycles. The Morgan fingerprint density at radius 2 is 2.00 bits per heavy atom. The van der Waals surface area contributed by atoms with E-state index in [2.05, 4.69) is 24.8 Å². The smallest absolute Gasteiger partial charge is 0.219 e. The zero-order valence-electron chi connectivity index (χ0n) is 12.8. The molecule has 110 valence electrons. The summed E-state index contributed by atoms with van der Waals surface area (Å²) in [6.07, 6.45) is 0. The zero-order chi connectivity index (χ0) is 14.7. The van der Waals surface area contributed by atoms with Crippen molar-refractivity contribution in [3.8, 4) is 5.75 Å². The summed E-state index contributed by atoms with van der Waals surface area (Å²) < 4.78 is 5.49. The third-order valence-corrected chi connectivity index (χ3v) is 4.03. The third-order valence-electron chi connectivity index (χ3n) is 4.03. The van der Waals surface area contributed by atoms with Crippen LogP contribution in [0.4, 0.5) is 0 Å². The number of carbonyl (C=O) groups excluding carboxylic acids is 1. The van der Waals surface area contributed by atoms with Crippen LogP contribution < -0.4 is 4.74 Å². The first kappa shape index (κ1) is 14.9. The van der Waals surface area contributed by atoms with Gasteiger partial charge in [-0.2, -0.15) is 0 Å². The topological polar surface area (TPSA) is 32.8 Å². The first-order valence-electron chi connectivity index (χ1n) is 7.18. The molecule has 0 unspecified atom stereocenters. The van der Waals surface area contributed by atoms with Crippen LogP contribution in [0.1, 0.15) is 32.4 Å². The molecule has 20 heavy (non-hydrogen) atoms. The van der Waals surface area contributed by atoms with Crippen molar-refractivity contribution in [3.63, 3.8) is 0 Å². The van der Waals surface area contributed by atoms with Crippen LogP contribution >= 0.6 is 0 Å². The number of nitrogens with zero attached hydrogens (tertiary/aromatic N) is 2. The van der Waals surface area contributed by atoms with E-state index >= 15 is 0 Å². The van der Waals surface area contributed by atoms with Crippen LogP contribution in [0.25, 0.3) is 0 Å². The van der Waals surface area contributed by atoms with Crippen LogP contribution in [0.2, 0.25) is 0 Å². The second kappa shape index (κ2) is 6.27. The summed E-state index contributed by atoms with van der Waals surface area (Å²) in [5.74, 6) is 1.04. The van der Waals surface area contributed by atoms with Crippen molar-refractivity contribution in [2.24, 2.45) is 0 Å². The van der Waals surface area contributed by atoms with Crippen molar-refractivity contribution in [1.29, 1.82) is 0 Å². The first-order valence-corrected chi connectivity index (χ1v) is 7.18. The Hall–Kier alpha value is -1.55. The standard InChI is InChI=1S/C16H24N2O2/c1-12(2)18-10-9-17(13(3)19)11-15(18)14-7-5-6-8-16(14)20-4/h5-8,12,15H,9-11H2,1-4H3/t15-/m0/s1. The average molecular weight is 276 g/mol. The number of ether oxygens (including phenoxy) is 1. The van der Waals surface area contributed by atoms with Crippen molar-refractivity contribution in [2.45, 2.75) is 32.9 Å². The van der Waals surface area contributed by atoms with Gasteiger partial charge in [0, 0.05) is 38.2 Å². The van der Waals surface area contributed by atoms with Gasteiger partial charge in [0.15, 0.2) is 0 Å². The van der Waals surface area contributed by atoms with E-state index in [-0.39, 0.29) is 11.9 Å². The minimum absolute atomic E-state index is 0.147. The largest absolute Gasteiger partial charge is 0.496 e. The Labute approximate surface area is 121 Å². The molecule has 0 bridgehead atoms. The van der Waals surface area contributed by atoms with E-state index in [1.165, 1.54) is 0 Å². The van der Waals surface area contributed by atoms with Gasteiger partial charge in [0.1, 0.15) is 5.75 Å². The van der Waals surface area contributed by atoms with Crippen molar-refractivity contribution >= 4 is 5.91 Å². The van der Waals surface area contributed by atoms with Crippen molar-refractivity contribution in [3.05, 3.63) is 29.8 Å². The highest BCUT2D eigenvalue weighted by molar-refractivity contribution is 5.73. The fraction of sp³-hybridized carbons (Fsp3) is 0.562. The molecule has 4 nitrogen and oxygen atoms in total. The molecule has 1 aliphatic heterocycles. The molecule has 1 amide bonds. The van der Waals surface area contributed by atoms with E-state index < -0.39 is 0 Å². The summed E-state index contributed by atoms with van der Waals surface area (Å²) >= 11 is 0. The molecule has 0 aromatic heterocycles. The molecule has 1 saturated heterocycles. The molecular formula is C16H24N2O2. The van der Waals surface area contributed by atoms with Crippen LogP contribution in [0.3, 0.4) is 0 Å². The SMILES string of the molecule is COc1ccccc1[C@@H]1CN(C(C)=O)CCN1C(C)C. The van der Waals surface area contributed by atoms with E-state index in [0.717, 1.165) is 30.9 Å². The van der Waals surface area contributed by atoms with Crippen molar-refractivity contribution < 1.29 is 9.53 Å². The first-order chi connectivity index (χ1) is 9.54. The Morgan fingerprint density at radius 3 is 2.60 bits per heavy atom. The molecular weight excluding hydrogens is 252 g/mol. The Kier molecular flexibility index (Phi) is 4.65. The second-order valence-corrected chi connectivity index (χ2v) is 5.55. The molecule has 0 aliphatic carbocycles. The maximum Gasteiger partial charge on any atom is 0.219 e. The van der Waals surface area contributed by atoms with Crippen molar-refractivity contribution in [1.82, 2.24) is 9.80 Å². The molecule has 0 N–H and O–H groups in total. The molecule has 0 radical (unpaired) electrons. The van der Waals surface area contributed by atoms with Crippen LogP contribution in [0.15, 0.2) is 24.3 Å². The lowest BCUT2D eigenvalue weighted by Crippen LogP contribution is -2.52. The fourth-order valence-electron chi connectivity index (χ4n) is 2.92. The maximum atomic E-state index is 11.7. The Bertz CT molecular complexity index is 473. The summed E-state index contributed by atoms with van der Waals surface area (Å²) in [6, 6.07) is 8.74. The van der Waals surface area contributed by atoms with Gasteiger partial charge in [-0.15, -0.1) is 0 Å². The number of rotatable bonds is 3. The number of carbonyl (C=O) groups is 1. The van der Waals surface area contributed by atoms with E-state index in [1.807, 2.05) is 23.1 Å². The van der Waals surface area contributed by atoms with E-state index in [1.54, 1.807) is 14.0 Å². The molecule has 4 heteroatoms. The summed E-state index contributed by atoms with van der Waals surface area (Å²) in [5, 5.41) is 0. The number of para-hydroxylation sites is 1. The van der Waals surface area contributed by atoms with Gasteiger partial charge < -0.3 is 9.64 Å². The highest BCUT2D eigenvalue weighted by Crippen LogP contribution is 2.33. The molecule has 1 aliphatic rings. The predicted octanol–water partition coefficient (Wildman–Crippen LogP) is 2.31. The molecule has 1 heterocycles. The number of hydrogen-bond donors (Lipinski definition) is 0. The van der Waals surface area contributed by atoms with Gasteiger partial charge in [0.25, 0.3) is 0 Å². The molecule has 1 atom stereocenters. The van der Waals surface area contributed by atoms with E-state index in [9.17, 15) is 4.79 Å². The van der Waals surface area contributed by atoms with Gasteiger partial charge >= 0.3 is 0 Å². The fourth-order valence-corrected chi connectivity index (χ4v) is 2.92. The highest BCUT2D eigenvalue weighted by atomic mass is 16.5. The minimum Gasteiger partial charge on any atom is -0.496 e. The molecule has 1 fully saturated rings. The molecule has 0 spiro atoms. The van der Waals surface area contributed by atoms with Crippen LogP contribution in [-0.4, -0.2) is 48.5 Å². The number of benzene rings is 1. The van der Waals surface area contributed by atoms with Gasteiger partial charge in [0.2, 0.25) is 5.91 Å². The lowest BCUT2D eigenvalue weighted by Gasteiger charge is -2.43. The second-order valence-electron chi connectivity index (χ2n) is 5.55. The summed E-state index contributed by atoms with van der Waals surface area (Å²) in [7, 11) is 1.70. The van der Waals surface area contributed by atoms with Crippen LogP contribution in [0.5, 0.6) is 5.75 Å². The lowest BCUT2D eigenvalue weighted by molar-refractivity contribution is -0.132. The summed E-state index contributed by atoms with van der Waals surface area (Å²) in [6.45, 7) is 8.48. The van der Waals surface area contributed by atoms with E-state index in [0.29, 0.717) is 6.04 Å². The molecule has 2 rings (SSSR count). The number of methoxy groups -OCH3 is 1. The monoisotopic (exact) mass is 276 g/mol. The van der Waals surface area contributed by atoms with Crippen molar-refractivity contribution in [2.75, 3.05) is 26.7 Å². The van der Waals surface area contributed by atoms with Gasteiger partial charge in [-0.3, -0.25) is 9.69 Å².